The van der Waals surface area contributed by atoms with Crippen LogP contribution < -0.4 is 15.8 Å². The molecule has 6 heteroatoms. The minimum absolute atomic E-state index is 0.00461. The number of carbonyl (C=O) groups excluding carboxylic acids is 2. The molecule has 2 amide bonds. The van der Waals surface area contributed by atoms with Gasteiger partial charge in [0.1, 0.15) is 5.75 Å². The van der Waals surface area contributed by atoms with Crippen LogP contribution in [-0.4, -0.2) is 43.0 Å². The zero-order valence-electron chi connectivity index (χ0n) is 12.1. The highest BCUT2D eigenvalue weighted by atomic mass is 16.5. The third-order valence-electron chi connectivity index (χ3n) is 2.53. The summed E-state index contributed by atoms with van der Waals surface area (Å²) in [5.41, 5.74) is 6.18. The maximum atomic E-state index is 11.8. The molecular weight excluding hydrogens is 258 g/mol. The molecule has 0 aromatic heterocycles. The number of rotatable bonds is 6. The molecule has 6 nitrogen and oxygen atoms in total. The van der Waals surface area contributed by atoms with Crippen LogP contribution in [0.3, 0.4) is 0 Å². The molecule has 0 aliphatic rings. The summed E-state index contributed by atoms with van der Waals surface area (Å²) >= 11 is 0. The molecule has 0 atom stereocenters. The molecule has 0 radical (unpaired) electrons. The number of anilines is 1. The molecule has 20 heavy (non-hydrogen) atoms. The number of nitrogens with zero attached hydrogens (tertiary/aromatic N) is 1. The van der Waals surface area contributed by atoms with Crippen LogP contribution in [0.4, 0.5) is 5.69 Å². The summed E-state index contributed by atoms with van der Waals surface area (Å²) in [4.78, 5) is 24.7. The summed E-state index contributed by atoms with van der Waals surface area (Å²) in [6, 6.07) is 6.99. The van der Waals surface area contributed by atoms with Crippen molar-refractivity contribution < 1.29 is 14.3 Å². The van der Waals surface area contributed by atoms with Crippen LogP contribution in [0.5, 0.6) is 5.75 Å². The van der Waals surface area contributed by atoms with Crippen molar-refractivity contribution in [2.45, 2.75) is 19.9 Å². The minimum atomic E-state index is -0.285. The molecule has 0 unspecified atom stereocenters. The Kier molecular flexibility index (Phi) is 5.83. The number of likely N-dealkylation sites (N-methyl/N-ethyl adjacent to an activating group) is 1. The maximum absolute atomic E-state index is 11.8. The number of nitrogens with two attached hydrogens (primary N) is 1. The Balaban J connectivity index is 2.42. The normalized spacial score (nSPS) is 10.2. The van der Waals surface area contributed by atoms with Gasteiger partial charge < -0.3 is 20.7 Å². The zero-order valence-corrected chi connectivity index (χ0v) is 12.1. The second-order valence-electron chi connectivity index (χ2n) is 4.80. The largest absolute Gasteiger partial charge is 0.482 e. The van der Waals surface area contributed by atoms with E-state index < -0.39 is 0 Å². The third-order valence-corrected chi connectivity index (χ3v) is 2.53. The second kappa shape index (κ2) is 7.37. The van der Waals surface area contributed by atoms with E-state index in [9.17, 15) is 9.59 Å². The average molecular weight is 279 g/mol. The monoisotopic (exact) mass is 279 g/mol. The van der Waals surface area contributed by atoms with E-state index in [-0.39, 0.29) is 31.0 Å². The number of nitrogens with one attached hydrogen (secondary N) is 1. The van der Waals surface area contributed by atoms with Crippen LogP contribution in [0.1, 0.15) is 13.8 Å². The van der Waals surface area contributed by atoms with Crippen LogP contribution in [0.2, 0.25) is 0 Å². The second-order valence-corrected chi connectivity index (χ2v) is 4.80. The molecular formula is C14H21N3O3. The van der Waals surface area contributed by atoms with Gasteiger partial charge in [0.2, 0.25) is 5.91 Å². The maximum Gasteiger partial charge on any atom is 0.260 e. The fraction of sp³-hybridized carbons (Fsp3) is 0.429. The summed E-state index contributed by atoms with van der Waals surface area (Å²) in [5.74, 6) is -0.0249. The average Bonchev–Trinajstić information content (AvgIpc) is 2.36. The summed E-state index contributed by atoms with van der Waals surface area (Å²) in [5, 5.41) is 2.72. The number of ether oxygens (including phenoxy) is 1. The Morgan fingerprint density at radius 1 is 1.35 bits per heavy atom. The first-order chi connectivity index (χ1) is 9.40. The van der Waals surface area contributed by atoms with Gasteiger partial charge in [-0.15, -0.1) is 0 Å². The van der Waals surface area contributed by atoms with Gasteiger partial charge in [-0.2, -0.15) is 0 Å². The van der Waals surface area contributed by atoms with Crippen molar-refractivity contribution >= 4 is 17.5 Å². The van der Waals surface area contributed by atoms with Gasteiger partial charge in [0.25, 0.3) is 5.91 Å². The number of nitrogen functional groups attached to an aromatic ring is 1. The molecule has 110 valence electrons. The highest BCUT2D eigenvalue weighted by molar-refractivity contribution is 5.85. The lowest BCUT2D eigenvalue weighted by Gasteiger charge is -2.18. The van der Waals surface area contributed by atoms with Crippen molar-refractivity contribution in [1.82, 2.24) is 10.2 Å². The van der Waals surface area contributed by atoms with Crippen LogP contribution in [0.15, 0.2) is 24.3 Å². The van der Waals surface area contributed by atoms with E-state index in [1.165, 1.54) is 4.90 Å². The molecule has 1 rings (SSSR count). The van der Waals surface area contributed by atoms with Gasteiger partial charge in [-0.1, -0.05) is 12.1 Å². The molecule has 0 spiro atoms. The molecule has 0 aliphatic carbocycles. The van der Waals surface area contributed by atoms with Crippen molar-refractivity contribution in [1.29, 1.82) is 0 Å². The molecule has 0 heterocycles. The highest BCUT2D eigenvalue weighted by Gasteiger charge is 2.14. The smallest absolute Gasteiger partial charge is 0.260 e. The summed E-state index contributed by atoms with van der Waals surface area (Å²) in [6.07, 6.45) is 0. The Morgan fingerprint density at radius 3 is 2.60 bits per heavy atom. The van der Waals surface area contributed by atoms with Crippen LogP contribution in [-0.2, 0) is 9.59 Å². The Morgan fingerprint density at radius 2 is 2.00 bits per heavy atom. The summed E-state index contributed by atoms with van der Waals surface area (Å²) in [7, 11) is 1.56. The van der Waals surface area contributed by atoms with Crippen LogP contribution in [0, 0.1) is 0 Å². The SMILES string of the molecule is CC(C)NC(=O)CN(C)C(=O)COc1ccccc1N. The Labute approximate surface area is 118 Å². The molecule has 0 saturated carbocycles. The number of carbonyl (C=O) groups is 2. The zero-order chi connectivity index (χ0) is 15.1. The number of benzene rings is 1. The molecule has 0 fully saturated rings. The minimum Gasteiger partial charge on any atom is -0.482 e. The number of amides is 2. The van der Waals surface area contributed by atoms with Crippen molar-refractivity contribution in [3.8, 4) is 5.75 Å². The Bertz CT molecular complexity index is 474. The number of hydrogen-bond acceptors (Lipinski definition) is 4. The van der Waals surface area contributed by atoms with E-state index in [0.29, 0.717) is 11.4 Å². The standard InChI is InChI=1S/C14H21N3O3/c1-10(2)16-13(18)8-17(3)14(19)9-20-12-7-5-4-6-11(12)15/h4-7,10H,8-9,15H2,1-3H3,(H,16,18). The van der Waals surface area contributed by atoms with Crippen molar-refractivity contribution in [2.75, 3.05) is 25.9 Å². The third kappa shape index (κ3) is 5.17. The van der Waals surface area contributed by atoms with Gasteiger partial charge in [-0.25, -0.2) is 0 Å². The fourth-order valence-corrected chi connectivity index (χ4v) is 1.53. The molecule has 0 bridgehead atoms. The number of hydrogen-bond donors (Lipinski definition) is 2. The topological polar surface area (TPSA) is 84.7 Å². The lowest BCUT2D eigenvalue weighted by Crippen LogP contribution is -2.42. The van der Waals surface area contributed by atoms with Gasteiger partial charge in [-0.3, -0.25) is 9.59 Å². The van der Waals surface area contributed by atoms with Gasteiger partial charge in [0.05, 0.1) is 12.2 Å². The first kappa shape index (κ1) is 15.8. The van der Waals surface area contributed by atoms with Crippen molar-refractivity contribution in [2.24, 2.45) is 0 Å². The predicted octanol–water partition coefficient (Wildman–Crippen LogP) is 0.631. The molecule has 1 aromatic carbocycles. The van der Waals surface area contributed by atoms with Crippen LogP contribution in [0.25, 0.3) is 0 Å². The number of para-hydroxylation sites is 2. The Hall–Kier alpha value is -2.24. The van der Waals surface area contributed by atoms with E-state index in [4.69, 9.17) is 10.5 Å². The molecule has 3 N–H and O–H groups in total. The van der Waals surface area contributed by atoms with E-state index in [2.05, 4.69) is 5.32 Å². The van der Waals surface area contributed by atoms with Gasteiger partial charge in [0.15, 0.2) is 6.61 Å². The highest BCUT2D eigenvalue weighted by Crippen LogP contribution is 2.19. The lowest BCUT2D eigenvalue weighted by molar-refractivity contribution is -0.136. The first-order valence-electron chi connectivity index (χ1n) is 6.40. The van der Waals surface area contributed by atoms with E-state index in [0.717, 1.165) is 0 Å². The summed E-state index contributed by atoms with van der Waals surface area (Å²) in [6.45, 7) is 3.58. The van der Waals surface area contributed by atoms with E-state index in [1.54, 1.807) is 31.3 Å². The van der Waals surface area contributed by atoms with Crippen molar-refractivity contribution in [3.05, 3.63) is 24.3 Å². The first-order valence-corrected chi connectivity index (χ1v) is 6.40. The predicted molar refractivity (Wildman–Crippen MR) is 77.3 cm³/mol. The lowest BCUT2D eigenvalue weighted by atomic mass is 10.3. The van der Waals surface area contributed by atoms with Gasteiger partial charge >= 0.3 is 0 Å². The van der Waals surface area contributed by atoms with Gasteiger partial charge in [0, 0.05) is 13.1 Å². The molecule has 1 aromatic rings. The van der Waals surface area contributed by atoms with E-state index >= 15 is 0 Å². The van der Waals surface area contributed by atoms with Crippen molar-refractivity contribution in [3.63, 3.8) is 0 Å². The van der Waals surface area contributed by atoms with Gasteiger partial charge in [-0.05, 0) is 26.0 Å². The van der Waals surface area contributed by atoms with Crippen LogP contribution >= 0.6 is 0 Å². The van der Waals surface area contributed by atoms with E-state index in [1.807, 2.05) is 13.8 Å². The quantitative estimate of drug-likeness (QED) is 0.748. The summed E-state index contributed by atoms with van der Waals surface area (Å²) < 4.78 is 5.33. The fourth-order valence-electron chi connectivity index (χ4n) is 1.53. The molecule has 0 aliphatic heterocycles. The molecule has 0 saturated heterocycles.